The number of nitrogens with zero attached hydrogens (tertiary/aromatic N) is 1. The molecule has 0 aliphatic carbocycles. The van der Waals surface area contributed by atoms with Crippen LogP contribution in [-0.2, 0) is 21.4 Å². The number of halogens is 2. The highest BCUT2D eigenvalue weighted by molar-refractivity contribution is 7.92. The highest BCUT2D eigenvalue weighted by Gasteiger charge is 2.27. The Labute approximate surface area is 185 Å². The smallest absolute Gasteiger partial charge is 0.264 e. The number of sulfonamides is 1. The van der Waals surface area contributed by atoms with Crippen molar-refractivity contribution in [2.75, 3.05) is 18.0 Å². The number of ether oxygens (including phenoxy) is 1. The molecule has 0 aromatic heterocycles. The van der Waals surface area contributed by atoms with Crippen LogP contribution in [0.15, 0.2) is 77.7 Å². The van der Waals surface area contributed by atoms with Crippen molar-refractivity contribution in [3.05, 3.63) is 89.2 Å². The minimum absolute atomic E-state index is 0.0277. The molecule has 3 aromatic rings. The fraction of sp³-hybridized carbons (Fsp3) is 0.136. The van der Waals surface area contributed by atoms with Crippen molar-refractivity contribution in [3.63, 3.8) is 0 Å². The third-order valence-corrected chi connectivity index (χ3v) is 6.50. The Balaban J connectivity index is 1.88. The van der Waals surface area contributed by atoms with Crippen LogP contribution >= 0.6 is 11.6 Å². The fourth-order valence-corrected chi connectivity index (χ4v) is 4.56. The van der Waals surface area contributed by atoms with Crippen LogP contribution in [0.5, 0.6) is 5.75 Å². The van der Waals surface area contributed by atoms with Crippen molar-refractivity contribution in [3.8, 4) is 5.75 Å². The van der Waals surface area contributed by atoms with Gasteiger partial charge in [-0.25, -0.2) is 12.8 Å². The highest BCUT2D eigenvalue weighted by atomic mass is 35.5. The predicted octanol–water partition coefficient (Wildman–Crippen LogP) is 4.00. The number of carbonyl (C=O) groups is 1. The Morgan fingerprint density at radius 2 is 1.81 bits per heavy atom. The molecule has 0 saturated carbocycles. The van der Waals surface area contributed by atoms with Crippen molar-refractivity contribution in [1.82, 2.24) is 5.32 Å². The van der Waals surface area contributed by atoms with E-state index in [4.69, 9.17) is 16.3 Å². The summed E-state index contributed by atoms with van der Waals surface area (Å²) in [6, 6.07) is 18.0. The van der Waals surface area contributed by atoms with Crippen molar-refractivity contribution >= 4 is 33.2 Å². The molecule has 0 fully saturated rings. The molecule has 6 nitrogen and oxygen atoms in total. The minimum atomic E-state index is -4.06. The standard InChI is InChI=1S/C22H20ClFN2O4S/c1-30-21-11-10-18(13-20(21)23)26(31(28,29)19-8-3-2-4-9-19)15-22(27)25-14-16-6-5-7-17(24)12-16/h2-13H,14-15H2,1H3,(H,25,27). The number of amides is 1. The quantitative estimate of drug-likeness (QED) is 0.549. The Morgan fingerprint density at radius 3 is 2.45 bits per heavy atom. The summed E-state index contributed by atoms with van der Waals surface area (Å²) in [6.45, 7) is -0.436. The summed E-state index contributed by atoms with van der Waals surface area (Å²) in [4.78, 5) is 12.6. The summed E-state index contributed by atoms with van der Waals surface area (Å²) in [6.07, 6.45) is 0. The van der Waals surface area contributed by atoms with E-state index in [2.05, 4.69) is 5.32 Å². The molecule has 0 atom stereocenters. The van der Waals surface area contributed by atoms with Gasteiger partial charge in [-0.2, -0.15) is 0 Å². The van der Waals surface area contributed by atoms with Crippen LogP contribution in [0.3, 0.4) is 0 Å². The van der Waals surface area contributed by atoms with Crippen LogP contribution in [0.4, 0.5) is 10.1 Å². The molecule has 0 aliphatic rings. The van der Waals surface area contributed by atoms with E-state index in [1.807, 2.05) is 0 Å². The second kappa shape index (κ2) is 9.80. The number of anilines is 1. The molecule has 0 bridgehead atoms. The first-order valence-corrected chi connectivity index (χ1v) is 11.1. The first kappa shape index (κ1) is 22.6. The van der Waals surface area contributed by atoms with Crippen molar-refractivity contribution in [2.24, 2.45) is 0 Å². The summed E-state index contributed by atoms with van der Waals surface area (Å²) < 4.78 is 46.0. The molecule has 3 aromatic carbocycles. The van der Waals surface area contributed by atoms with Crippen LogP contribution in [0, 0.1) is 5.82 Å². The van der Waals surface area contributed by atoms with Gasteiger partial charge >= 0.3 is 0 Å². The summed E-state index contributed by atoms with van der Waals surface area (Å²) in [5.41, 5.74) is 0.758. The zero-order valence-corrected chi connectivity index (χ0v) is 18.2. The number of carbonyl (C=O) groups excluding carboxylic acids is 1. The van der Waals surface area contributed by atoms with Gasteiger partial charge in [-0.3, -0.25) is 9.10 Å². The molecule has 3 rings (SSSR count). The van der Waals surface area contributed by atoms with Crippen molar-refractivity contribution in [2.45, 2.75) is 11.4 Å². The normalized spacial score (nSPS) is 11.1. The lowest BCUT2D eigenvalue weighted by Gasteiger charge is -2.24. The lowest BCUT2D eigenvalue weighted by Crippen LogP contribution is -2.40. The maximum absolute atomic E-state index is 13.3. The van der Waals surface area contributed by atoms with Crippen molar-refractivity contribution in [1.29, 1.82) is 0 Å². The SMILES string of the molecule is COc1ccc(N(CC(=O)NCc2cccc(F)c2)S(=O)(=O)c2ccccc2)cc1Cl. The van der Waals surface area contributed by atoms with E-state index in [1.54, 1.807) is 24.3 Å². The number of benzene rings is 3. The molecule has 0 spiro atoms. The van der Waals surface area contributed by atoms with Gasteiger partial charge in [0.25, 0.3) is 10.0 Å². The fourth-order valence-electron chi connectivity index (χ4n) is 2.88. The van der Waals surface area contributed by atoms with Crippen LogP contribution < -0.4 is 14.4 Å². The van der Waals surface area contributed by atoms with Crippen molar-refractivity contribution < 1.29 is 22.3 Å². The van der Waals surface area contributed by atoms with Gasteiger partial charge in [-0.05, 0) is 48.0 Å². The van der Waals surface area contributed by atoms with Crippen LogP contribution in [0.25, 0.3) is 0 Å². The zero-order chi connectivity index (χ0) is 22.4. The van der Waals surface area contributed by atoms with E-state index >= 15 is 0 Å². The van der Waals surface area contributed by atoms with E-state index < -0.39 is 28.3 Å². The Kier molecular flexibility index (Phi) is 7.14. The summed E-state index contributed by atoms with van der Waals surface area (Å²) in [5.74, 6) is -0.610. The van der Waals surface area contributed by atoms with Gasteiger partial charge in [-0.1, -0.05) is 41.9 Å². The van der Waals surface area contributed by atoms with Gasteiger partial charge in [0.15, 0.2) is 0 Å². The monoisotopic (exact) mass is 462 g/mol. The lowest BCUT2D eigenvalue weighted by molar-refractivity contribution is -0.119. The first-order chi connectivity index (χ1) is 14.8. The largest absolute Gasteiger partial charge is 0.495 e. The predicted molar refractivity (Wildman–Crippen MR) is 117 cm³/mol. The molecule has 0 radical (unpaired) electrons. The molecule has 31 heavy (non-hydrogen) atoms. The van der Waals surface area contributed by atoms with Gasteiger partial charge in [0.05, 0.1) is 22.7 Å². The molecule has 1 N–H and O–H groups in total. The summed E-state index contributed by atoms with van der Waals surface area (Å²) in [7, 11) is -2.62. The second-order valence-corrected chi connectivity index (χ2v) is 8.82. The van der Waals surface area contributed by atoms with Crippen LogP contribution in [0.1, 0.15) is 5.56 Å². The number of rotatable bonds is 8. The number of hydrogen-bond donors (Lipinski definition) is 1. The maximum atomic E-state index is 13.3. The summed E-state index contributed by atoms with van der Waals surface area (Å²) >= 11 is 6.18. The third-order valence-electron chi connectivity index (χ3n) is 4.42. The van der Waals surface area contributed by atoms with Gasteiger partial charge in [0, 0.05) is 6.54 Å². The molecule has 0 heterocycles. The Bertz CT molecular complexity index is 1170. The van der Waals surface area contributed by atoms with Gasteiger partial charge in [0.2, 0.25) is 5.91 Å². The topological polar surface area (TPSA) is 75.7 Å². The molecular weight excluding hydrogens is 443 g/mol. The minimum Gasteiger partial charge on any atom is -0.495 e. The average molecular weight is 463 g/mol. The van der Waals surface area contributed by atoms with Gasteiger partial charge in [-0.15, -0.1) is 0 Å². The van der Waals surface area contributed by atoms with E-state index in [0.717, 1.165) is 4.31 Å². The molecule has 0 saturated heterocycles. The third kappa shape index (κ3) is 5.53. The number of methoxy groups -OCH3 is 1. The maximum Gasteiger partial charge on any atom is 0.264 e. The molecular formula is C22H20ClFN2O4S. The number of hydrogen-bond acceptors (Lipinski definition) is 4. The first-order valence-electron chi connectivity index (χ1n) is 9.24. The summed E-state index contributed by atoms with van der Waals surface area (Å²) in [5, 5.41) is 2.82. The van der Waals surface area contributed by atoms with E-state index in [-0.39, 0.29) is 22.2 Å². The number of nitrogens with one attached hydrogen (secondary N) is 1. The van der Waals surface area contributed by atoms with Gasteiger partial charge < -0.3 is 10.1 Å². The lowest BCUT2D eigenvalue weighted by atomic mass is 10.2. The van der Waals surface area contributed by atoms with Gasteiger partial charge in [0.1, 0.15) is 18.1 Å². The van der Waals surface area contributed by atoms with E-state index in [1.165, 1.54) is 55.6 Å². The average Bonchev–Trinajstić information content (AvgIpc) is 2.76. The van der Waals surface area contributed by atoms with Crippen LogP contribution in [0.2, 0.25) is 5.02 Å². The van der Waals surface area contributed by atoms with E-state index in [9.17, 15) is 17.6 Å². The van der Waals surface area contributed by atoms with E-state index in [0.29, 0.717) is 11.3 Å². The molecule has 1 amide bonds. The molecule has 9 heteroatoms. The zero-order valence-electron chi connectivity index (χ0n) is 16.6. The second-order valence-electron chi connectivity index (χ2n) is 6.55. The molecule has 162 valence electrons. The van der Waals surface area contributed by atoms with Crippen LogP contribution in [-0.4, -0.2) is 28.0 Å². The molecule has 0 aliphatic heterocycles. The molecule has 0 unspecified atom stereocenters. The highest BCUT2D eigenvalue weighted by Crippen LogP contribution is 2.31. The Hall–Kier alpha value is -3.10. The Morgan fingerprint density at radius 1 is 1.06 bits per heavy atom.